The Kier molecular flexibility index (Phi) is 4.05. The lowest BCUT2D eigenvalue weighted by Crippen LogP contribution is -2.46. The molecule has 0 aliphatic rings. The Morgan fingerprint density at radius 2 is 2.40 bits per heavy atom. The molecular formula is C7H13NO2. The fourth-order valence-corrected chi connectivity index (χ4v) is 0.574. The van der Waals surface area contributed by atoms with Crippen molar-refractivity contribution in [2.45, 2.75) is 12.6 Å². The number of methoxy groups -OCH3 is 1. The maximum Gasteiger partial charge on any atom is 0.137 e. The summed E-state index contributed by atoms with van der Waals surface area (Å²) in [7, 11) is 1.52. The third-order valence-electron chi connectivity index (χ3n) is 0.997. The molecule has 0 rings (SSSR count). The van der Waals surface area contributed by atoms with Crippen molar-refractivity contribution < 1.29 is 9.84 Å². The Morgan fingerprint density at radius 3 is 2.80 bits per heavy atom. The molecule has 0 heterocycles. The van der Waals surface area contributed by atoms with Crippen LogP contribution in [0.15, 0.2) is 0 Å². The summed E-state index contributed by atoms with van der Waals surface area (Å²) in [6.45, 7) is 2.18. The van der Waals surface area contributed by atoms with E-state index in [2.05, 4.69) is 11.2 Å². The number of hydrogen-bond donors (Lipinski definition) is 2. The Hall–Kier alpha value is -0.560. The van der Waals surface area contributed by atoms with Crippen LogP contribution in [-0.4, -0.2) is 31.1 Å². The molecule has 0 aromatic carbocycles. The van der Waals surface area contributed by atoms with Crippen molar-refractivity contribution in [1.82, 2.24) is 5.32 Å². The van der Waals surface area contributed by atoms with E-state index in [1.807, 2.05) is 0 Å². The van der Waals surface area contributed by atoms with Gasteiger partial charge < -0.3 is 9.84 Å². The average molecular weight is 143 g/mol. The van der Waals surface area contributed by atoms with Gasteiger partial charge in [0.1, 0.15) is 5.72 Å². The van der Waals surface area contributed by atoms with Gasteiger partial charge in [0.15, 0.2) is 0 Å². The molecule has 0 fully saturated rings. The van der Waals surface area contributed by atoms with Crippen LogP contribution in [0.2, 0.25) is 0 Å². The second-order valence-corrected chi connectivity index (χ2v) is 2.26. The molecule has 0 bridgehead atoms. The fourth-order valence-electron chi connectivity index (χ4n) is 0.574. The van der Waals surface area contributed by atoms with Crippen LogP contribution in [0.3, 0.4) is 0 Å². The maximum atomic E-state index is 9.31. The number of nitrogens with one attached hydrogen (secondary N) is 1. The minimum absolute atomic E-state index is 0.231. The summed E-state index contributed by atoms with van der Waals surface area (Å²) >= 11 is 0. The minimum atomic E-state index is -1.01. The zero-order valence-corrected chi connectivity index (χ0v) is 6.35. The number of hydrogen-bond acceptors (Lipinski definition) is 3. The van der Waals surface area contributed by atoms with Gasteiger partial charge in [0.25, 0.3) is 0 Å². The molecule has 0 spiro atoms. The average Bonchev–Trinajstić information content (AvgIpc) is 1.84. The molecule has 0 aromatic heterocycles. The molecule has 2 N–H and O–H groups in total. The second-order valence-electron chi connectivity index (χ2n) is 2.26. The van der Waals surface area contributed by atoms with Gasteiger partial charge in [0.05, 0.1) is 13.2 Å². The van der Waals surface area contributed by atoms with Gasteiger partial charge in [-0.1, -0.05) is 5.92 Å². The van der Waals surface area contributed by atoms with Crippen LogP contribution in [0.1, 0.15) is 6.92 Å². The molecule has 0 radical (unpaired) electrons. The van der Waals surface area contributed by atoms with Gasteiger partial charge in [-0.25, -0.2) is 0 Å². The summed E-state index contributed by atoms with van der Waals surface area (Å²) in [5.74, 6) is 2.36. The predicted octanol–water partition coefficient (Wildman–Crippen LogP) is -0.436. The van der Waals surface area contributed by atoms with E-state index in [-0.39, 0.29) is 6.61 Å². The number of terminal acetylenes is 1. The standard InChI is InChI=1S/C7H13NO2/c1-4-5-8-7(2,9)6-10-3/h1,8-9H,5-6H2,2-3H3. The molecule has 58 valence electrons. The largest absolute Gasteiger partial charge is 0.380 e. The Morgan fingerprint density at radius 1 is 1.80 bits per heavy atom. The van der Waals surface area contributed by atoms with Crippen molar-refractivity contribution in [2.75, 3.05) is 20.3 Å². The highest BCUT2D eigenvalue weighted by molar-refractivity contribution is 4.89. The lowest BCUT2D eigenvalue weighted by atomic mass is 10.3. The van der Waals surface area contributed by atoms with E-state index in [1.54, 1.807) is 6.92 Å². The summed E-state index contributed by atoms with van der Waals surface area (Å²) in [5.41, 5.74) is -1.01. The zero-order valence-electron chi connectivity index (χ0n) is 6.35. The van der Waals surface area contributed by atoms with E-state index in [1.165, 1.54) is 7.11 Å². The van der Waals surface area contributed by atoms with E-state index in [4.69, 9.17) is 11.2 Å². The summed E-state index contributed by atoms with van der Waals surface area (Å²) in [6.07, 6.45) is 4.97. The van der Waals surface area contributed by atoms with E-state index in [9.17, 15) is 5.11 Å². The predicted molar refractivity (Wildman–Crippen MR) is 39.3 cm³/mol. The van der Waals surface area contributed by atoms with Crippen molar-refractivity contribution in [3.05, 3.63) is 0 Å². The number of aliphatic hydroxyl groups is 1. The molecule has 0 aliphatic heterocycles. The molecule has 1 atom stereocenters. The molecule has 3 heteroatoms. The maximum absolute atomic E-state index is 9.31. The second kappa shape index (κ2) is 4.29. The van der Waals surface area contributed by atoms with Gasteiger partial charge >= 0.3 is 0 Å². The first-order valence-corrected chi connectivity index (χ1v) is 3.02. The van der Waals surface area contributed by atoms with Crippen molar-refractivity contribution in [2.24, 2.45) is 0 Å². The monoisotopic (exact) mass is 143 g/mol. The van der Waals surface area contributed by atoms with Crippen LogP contribution >= 0.6 is 0 Å². The Bertz CT molecular complexity index is 126. The normalized spacial score (nSPS) is 15.8. The SMILES string of the molecule is C#CCNC(C)(O)COC. The van der Waals surface area contributed by atoms with Crippen LogP contribution in [0, 0.1) is 12.3 Å². The molecule has 3 nitrogen and oxygen atoms in total. The molecule has 0 aromatic rings. The van der Waals surface area contributed by atoms with Crippen LogP contribution in [0.25, 0.3) is 0 Å². The molecule has 1 unspecified atom stereocenters. The van der Waals surface area contributed by atoms with Gasteiger partial charge in [-0.3, -0.25) is 5.32 Å². The lowest BCUT2D eigenvalue weighted by Gasteiger charge is -2.22. The molecule has 0 aliphatic carbocycles. The number of rotatable bonds is 4. The highest BCUT2D eigenvalue weighted by Crippen LogP contribution is 1.95. The van der Waals surface area contributed by atoms with Crippen LogP contribution in [-0.2, 0) is 4.74 Å². The van der Waals surface area contributed by atoms with Crippen LogP contribution in [0.5, 0.6) is 0 Å². The molecular weight excluding hydrogens is 130 g/mol. The smallest absolute Gasteiger partial charge is 0.137 e. The van der Waals surface area contributed by atoms with Crippen molar-refractivity contribution in [3.8, 4) is 12.3 Å². The highest BCUT2D eigenvalue weighted by Gasteiger charge is 2.17. The van der Waals surface area contributed by atoms with Crippen molar-refractivity contribution >= 4 is 0 Å². The van der Waals surface area contributed by atoms with E-state index in [0.29, 0.717) is 6.54 Å². The molecule has 10 heavy (non-hydrogen) atoms. The van der Waals surface area contributed by atoms with Gasteiger partial charge in [-0.15, -0.1) is 6.42 Å². The van der Waals surface area contributed by atoms with Crippen molar-refractivity contribution in [3.63, 3.8) is 0 Å². The van der Waals surface area contributed by atoms with Gasteiger partial charge in [0, 0.05) is 7.11 Å². The quantitative estimate of drug-likeness (QED) is 0.414. The van der Waals surface area contributed by atoms with Crippen LogP contribution in [0.4, 0.5) is 0 Å². The molecule has 0 amide bonds. The summed E-state index contributed by atoms with van der Waals surface area (Å²) in [4.78, 5) is 0. The first kappa shape index (κ1) is 9.44. The molecule has 0 saturated heterocycles. The summed E-state index contributed by atoms with van der Waals surface area (Å²) in [6, 6.07) is 0. The summed E-state index contributed by atoms with van der Waals surface area (Å²) in [5, 5.41) is 12.0. The van der Waals surface area contributed by atoms with Crippen LogP contribution < -0.4 is 5.32 Å². The Balaban J connectivity index is 3.54. The molecule has 0 saturated carbocycles. The van der Waals surface area contributed by atoms with E-state index in [0.717, 1.165) is 0 Å². The van der Waals surface area contributed by atoms with E-state index >= 15 is 0 Å². The van der Waals surface area contributed by atoms with Gasteiger partial charge in [0.2, 0.25) is 0 Å². The highest BCUT2D eigenvalue weighted by atomic mass is 16.5. The lowest BCUT2D eigenvalue weighted by molar-refractivity contribution is -0.0393. The van der Waals surface area contributed by atoms with Gasteiger partial charge in [-0.2, -0.15) is 0 Å². The first-order chi connectivity index (χ1) is 4.62. The minimum Gasteiger partial charge on any atom is -0.380 e. The van der Waals surface area contributed by atoms with Gasteiger partial charge in [-0.05, 0) is 6.92 Å². The number of ether oxygens (including phenoxy) is 1. The first-order valence-electron chi connectivity index (χ1n) is 3.02. The fraction of sp³-hybridized carbons (Fsp3) is 0.714. The topological polar surface area (TPSA) is 41.5 Å². The Labute approximate surface area is 61.4 Å². The van der Waals surface area contributed by atoms with E-state index < -0.39 is 5.72 Å². The third kappa shape index (κ3) is 4.33. The zero-order chi connectivity index (χ0) is 8.04. The van der Waals surface area contributed by atoms with Crippen molar-refractivity contribution in [1.29, 1.82) is 0 Å². The third-order valence-corrected chi connectivity index (χ3v) is 0.997. The summed E-state index contributed by atoms with van der Waals surface area (Å²) < 4.78 is 4.72.